The number of aromatic nitrogens is 4. The van der Waals surface area contributed by atoms with Crippen LogP contribution in [-0.2, 0) is 0 Å². The largest absolute Gasteiger partial charge is 0.481 e. The summed E-state index contributed by atoms with van der Waals surface area (Å²) in [7, 11) is 1.58. The normalized spacial score (nSPS) is 16.1. The smallest absolute Gasteiger partial charge is 0.302 e. The molecule has 36 heavy (non-hydrogen) atoms. The van der Waals surface area contributed by atoms with Crippen molar-refractivity contribution in [3.8, 4) is 40.3 Å². The molecule has 4 heterocycles. The Hall–Kier alpha value is -4.00. The lowest BCUT2D eigenvalue weighted by molar-refractivity contribution is 0.107. The standard InChI is InChI=1S/C27H28N6O3/c1-35-23-9-8-22(16-30-23)24-25(21-6-4-19(15-28)5-7-21)31-27(33-12-10-29-26(24)33)36-18-20-3-2-11-32(17-20)13-14-34/h4-10,12,16,20,34H,2-3,11,13-14,17-18H2,1H3/t20-/m1/s1. The van der Waals surface area contributed by atoms with Gasteiger partial charge in [0.25, 0.3) is 0 Å². The molecule has 1 atom stereocenters. The molecule has 0 aliphatic carbocycles. The predicted molar refractivity (Wildman–Crippen MR) is 135 cm³/mol. The number of rotatable bonds is 8. The number of likely N-dealkylation sites (tertiary alicyclic amines) is 1. The van der Waals surface area contributed by atoms with Crippen molar-refractivity contribution >= 4 is 5.65 Å². The maximum absolute atomic E-state index is 9.31. The first-order valence-electron chi connectivity index (χ1n) is 12.0. The second kappa shape index (κ2) is 10.7. The number of benzene rings is 1. The minimum atomic E-state index is 0.167. The number of fused-ring (bicyclic) bond motifs is 1. The van der Waals surface area contributed by atoms with Crippen LogP contribution in [0.25, 0.3) is 28.0 Å². The van der Waals surface area contributed by atoms with E-state index in [1.54, 1.807) is 31.6 Å². The Kier molecular flexibility index (Phi) is 7.07. The van der Waals surface area contributed by atoms with Crippen LogP contribution in [0, 0.1) is 17.2 Å². The van der Waals surface area contributed by atoms with Crippen molar-refractivity contribution in [2.45, 2.75) is 12.8 Å². The number of aliphatic hydroxyl groups excluding tert-OH is 1. The summed E-state index contributed by atoms with van der Waals surface area (Å²) in [6.07, 6.45) is 7.49. The van der Waals surface area contributed by atoms with Crippen molar-refractivity contribution < 1.29 is 14.6 Å². The molecular weight excluding hydrogens is 456 g/mol. The number of piperidine rings is 1. The van der Waals surface area contributed by atoms with Gasteiger partial charge in [0.1, 0.15) is 0 Å². The molecule has 184 valence electrons. The molecule has 5 rings (SSSR count). The third-order valence-electron chi connectivity index (χ3n) is 6.50. The van der Waals surface area contributed by atoms with E-state index < -0.39 is 0 Å². The number of β-amino-alcohol motifs (C(OH)–C–C–N with tert-alkyl or cyclic N) is 1. The fourth-order valence-electron chi connectivity index (χ4n) is 4.71. The number of nitriles is 1. The van der Waals surface area contributed by atoms with Gasteiger partial charge >= 0.3 is 6.01 Å². The summed E-state index contributed by atoms with van der Waals surface area (Å²) in [4.78, 5) is 16.3. The second-order valence-electron chi connectivity index (χ2n) is 8.86. The lowest BCUT2D eigenvalue weighted by Gasteiger charge is -2.32. The molecular formula is C27H28N6O3. The van der Waals surface area contributed by atoms with Crippen molar-refractivity contribution in [2.24, 2.45) is 5.92 Å². The fourth-order valence-corrected chi connectivity index (χ4v) is 4.71. The topological polar surface area (TPSA) is 109 Å². The van der Waals surface area contributed by atoms with Crippen molar-refractivity contribution in [3.63, 3.8) is 0 Å². The molecule has 0 unspecified atom stereocenters. The van der Waals surface area contributed by atoms with Crippen LogP contribution in [0.3, 0.4) is 0 Å². The third-order valence-corrected chi connectivity index (χ3v) is 6.50. The van der Waals surface area contributed by atoms with Gasteiger partial charge in [-0.2, -0.15) is 10.2 Å². The molecule has 0 amide bonds. The predicted octanol–water partition coefficient (Wildman–Crippen LogP) is 3.42. The van der Waals surface area contributed by atoms with Crippen molar-refractivity contribution in [2.75, 3.05) is 40.0 Å². The summed E-state index contributed by atoms with van der Waals surface area (Å²) in [6.45, 7) is 3.28. The molecule has 0 radical (unpaired) electrons. The maximum Gasteiger partial charge on any atom is 0.302 e. The first-order valence-corrected chi connectivity index (χ1v) is 12.0. The SMILES string of the molecule is COc1ccc(-c2c(-c3ccc(C#N)cc3)nc(OC[C@@H]3CCCN(CCO)C3)n3ccnc23)cn1. The van der Waals surface area contributed by atoms with E-state index in [1.165, 1.54) is 0 Å². The number of hydrogen-bond acceptors (Lipinski definition) is 8. The number of hydrogen-bond donors (Lipinski definition) is 1. The molecule has 1 aromatic carbocycles. The number of pyridine rings is 1. The van der Waals surface area contributed by atoms with E-state index >= 15 is 0 Å². The minimum absolute atomic E-state index is 0.167. The van der Waals surface area contributed by atoms with E-state index in [-0.39, 0.29) is 6.61 Å². The number of nitrogens with zero attached hydrogens (tertiary/aromatic N) is 6. The van der Waals surface area contributed by atoms with E-state index in [1.807, 2.05) is 34.9 Å². The summed E-state index contributed by atoms with van der Waals surface area (Å²) in [5, 5.41) is 18.6. The Morgan fingerprint density at radius 3 is 2.69 bits per heavy atom. The summed E-state index contributed by atoms with van der Waals surface area (Å²) < 4.78 is 13.4. The molecule has 4 aromatic rings. The molecule has 1 saturated heterocycles. The molecule has 0 bridgehead atoms. The van der Waals surface area contributed by atoms with Crippen molar-refractivity contribution in [3.05, 3.63) is 60.6 Å². The quantitative estimate of drug-likeness (QED) is 0.405. The average molecular weight is 485 g/mol. The fraction of sp³-hybridized carbons (Fsp3) is 0.333. The zero-order chi connectivity index (χ0) is 24.9. The van der Waals surface area contributed by atoms with Crippen molar-refractivity contribution in [1.29, 1.82) is 5.26 Å². The lowest BCUT2D eigenvalue weighted by Crippen LogP contribution is -2.39. The van der Waals surface area contributed by atoms with Gasteiger partial charge in [-0.05, 0) is 37.6 Å². The molecule has 0 spiro atoms. The van der Waals surface area contributed by atoms with Crippen LogP contribution in [0.15, 0.2) is 55.0 Å². The van der Waals surface area contributed by atoms with Gasteiger partial charge in [0.15, 0.2) is 5.65 Å². The Morgan fingerprint density at radius 2 is 1.97 bits per heavy atom. The van der Waals surface area contributed by atoms with Gasteiger partial charge in [-0.1, -0.05) is 12.1 Å². The minimum Gasteiger partial charge on any atom is -0.481 e. The van der Waals surface area contributed by atoms with Crippen LogP contribution in [-0.4, -0.2) is 69.3 Å². The second-order valence-corrected chi connectivity index (χ2v) is 8.86. The number of aliphatic hydroxyl groups is 1. The molecule has 0 saturated carbocycles. The Morgan fingerprint density at radius 1 is 1.14 bits per heavy atom. The number of methoxy groups -OCH3 is 1. The van der Waals surface area contributed by atoms with E-state index in [2.05, 4.69) is 20.9 Å². The highest BCUT2D eigenvalue weighted by atomic mass is 16.5. The average Bonchev–Trinajstić information content (AvgIpc) is 3.42. The Labute approximate surface area is 209 Å². The highest BCUT2D eigenvalue weighted by Gasteiger charge is 2.23. The van der Waals surface area contributed by atoms with Crippen LogP contribution < -0.4 is 9.47 Å². The zero-order valence-electron chi connectivity index (χ0n) is 20.2. The van der Waals surface area contributed by atoms with Gasteiger partial charge in [-0.25, -0.2) is 9.97 Å². The van der Waals surface area contributed by atoms with Crippen LogP contribution in [0.5, 0.6) is 11.9 Å². The molecule has 1 fully saturated rings. The van der Waals surface area contributed by atoms with Crippen LogP contribution in [0.1, 0.15) is 18.4 Å². The summed E-state index contributed by atoms with van der Waals surface area (Å²) in [5.74, 6) is 0.878. The van der Waals surface area contributed by atoms with Gasteiger partial charge in [0, 0.05) is 54.8 Å². The monoisotopic (exact) mass is 484 g/mol. The van der Waals surface area contributed by atoms with Gasteiger partial charge < -0.3 is 19.5 Å². The Balaban J connectivity index is 1.55. The molecule has 1 aliphatic rings. The summed E-state index contributed by atoms with van der Waals surface area (Å²) >= 11 is 0. The molecule has 9 heteroatoms. The maximum atomic E-state index is 9.31. The highest BCUT2D eigenvalue weighted by Crippen LogP contribution is 2.36. The highest BCUT2D eigenvalue weighted by molar-refractivity contribution is 5.90. The first-order chi connectivity index (χ1) is 17.7. The first kappa shape index (κ1) is 23.7. The van der Waals surface area contributed by atoms with Crippen LogP contribution >= 0.6 is 0 Å². The van der Waals surface area contributed by atoms with E-state index in [0.717, 1.165) is 42.6 Å². The molecule has 3 aromatic heterocycles. The molecule has 1 aliphatic heterocycles. The lowest BCUT2D eigenvalue weighted by atomic mass is 9.99. The third kappa shape index (κ3) is 4.87. The summed E-state index contributed by atoms with van der Waals surface area (Å²) in [5.41, 5.74) is 4.50. The van der Waals surface area contributed by atoms with E-state index in [0.29, 0.717) is 47.9 Å². The van der Waals surface area contributed by atoms with E-state index in [4.69, 9.17) is 14.5 Å². The number of imidazole rings is 1. The molecule has 1 N–H and O–H groups in total. The van der Waals surface area contributed by atoms with E-state index in [9.17, 15) is 10.4 Å². The summed E-state index contributed by atoms with van der Waals surface area (Å²) in [6, 6.07) is 13.7. The van der Waals surface area contributed by atoms with Gasteiger partial charge in [-0.15, -0.1) is 0 Å². The zero-order valence-corrected chi connectivity index (χ0v) is 20.2. The van der Waals surface area contributed by atoms with Crippen molar-refractivity contribution in [1.82, 2.24) is 24.3 Å². The molecule has 9 nitrogen and oxygen atoms in total. The van der Waals surface area contributed by atoms with Gasteiger partial charge in [0.2, 0.25) is 5.88 Å². The van der Waals surface area contributed by atoms with Gasteiger partial charge in [0.05, 0.1) is 43.2 Å². The van der Waals surface area contributed by atoms with Crippen LogP contribution in [0.4, 0.5) is 0 Å². The van der Waals surface area contributed by atoms with Crippen LogP contribution in [0.2, 0.25) is 0 Å². The van der Waals surface area contributed by atoms with Gasteiger partial charge in [-0.3, -0.25) is 4.40 Å². The number of ether oxygens (including phenoxy) is 2. The Bertz CT molecular complexity index is 1360.